The van der Waals surface area contributed by atoms with Crippen LogP contribution in [0.1, 0.15) is 51.9 Å². The van der Waals surface area contributed by atoms with E-state index in [0.29, 0.717) is 5.56 Å². The van der Waals surface area contributed by atoms with E-state index in [2.05, 4.69) is 41.5 Å². The average Bonchev–Trinajstić information content (AvgIpc) is 2.13. The van der Waals surface area contributed by atoms with E-state index in [1.807, 2.05) is 12.1 Å². The second-order valence-corrected chi connectivity index (χ2v) is 10.4. The van der Waals surface area contributed by atoms with E-state index in [1.165, 1.54) is 5.30 Å². The third kappa shape index (κ3) is 3.55. The highest BCUT2D eigenvalue weighted by Crippen LogP contribution is 2.58. The molecule has 0 unspecified atom stereocenters. The van der Waals surface area contributed by atoms with Gasteiger partial charge in [0.1, 0.15) is 0 Å². The molecule has 3 heteroatoms. The second-order valence-electron chi connectivity index (χ2n) is 6.53. The molecule has 1 rings (SSSR count). The van der Waals surface area contributed by atoms with Crippen LogP contribution in [0.25, 0.3) is 0 Å². The van der Waals surface area contributed by atoms with E-state index in [0.717, 1.165) is 0 Å². The standard InChI is InChI=1S/C15H23O2P/c1-14(2,3)18(15(4,5)6)12-9-7-11(8-10-12)13(16)17/h7-10H,1-6H3,(H,16,17). The lowest BCUT2D eigenvalue weighted by atomic mass is 10.2. The Labute approximate surface area is 111 Å². The number of carbonyl (C=O) groups is 1. The SMILES string of the molecule is CC(C)(C)P(c1ccc(C(=O)O)cc1)C(C)(C)C. The van der Waals surface area contributed by atoms with Crippen molar-refractivity contribution < 1.29 is 9.90 Å². The molecule has 1 aromatic rings. The second kappa shape index (κ2) is 5.01. The van der Waals surface area contributed by atoms with Crippen LogP contribution in [0.2, 0.25) is 0 Å². The number of carboxylic acid groups (broad SMARTS) is 1. The molecule has 1 N–H and O–H groups in total. The first kappa shape index (κ1) is 15.2. The van der Waals surface area contributed by atoms with Crippen molar-refractivity contribution in [1.29, 1.82) is 0 Å². The Hall–Kier alpha value is -0.880. The van der Waals surface area contributed by atoms with Crippen molar-refractivity contribution in [3.8, 4) is 0 Å². The highest BCUT2D eigenvalue weighted by Gasteiger charge is 2.35. The molecule has 0 spiro atoms. The molecule has 0 saturated heterocycles. The summed E-state index contributed by atoms with van der Waals surface area (Å²) in [6.07, 6.45) is 0. The van der Waals surface area contributed by atoms with Crippen molar-refractivity contribution >= 4 is 19.2 Å². The van der Waals surface area contributed by atoms with E-state index >= 15 is 0 Å². The van der Waals surface area contributed by atoms with Gasteiger partial charge in [-0.3, -0.25) is 0 Å². The molecule has 0 radical (unpaired) electrons. The van der Waals surface area contributed by atoms with E-state index in [9.17, 15) is 4.79 Å². The van der Waals surface area contributed by atoms with Crippen LogP contribution in [0.5, 0.6) is 0 Å². The van der Waals surface area contributed by atoms with Crippen LogP contribution in [0.15, 0.2) is 24.3 Å². The lowest BCUT2D eigenvalue weighted by molar-refractivity contribution is 0.0697. The van der Waals surface area contributed by atoms with Crippen molar-refractivity contribution in [3.05, 3.63) is 29.8 Å². The number of hydrogen-bond acceptors (Lipinski definition) is 1. The van der Waals surface area contributed by atoms with Gasteiger partial charge in [0.25, 0.3) is 0 Å². The molecule has 0 aliphatic rings. The maximum Gasteiger partial charge on any atom is 0.335 e. The fourth-order valence-corrected chi connectivity index (χ4v) is 6.54. The summed E-state index contributed by atoms with van der Waals surface area (Å²) in [5, 5.41) is 10.6. The fourth-order valence-electron chi connectivity index (χ4n) is 2.53. The van der Waals surface area contributed by atoms with Gasteiger partial charge in [-0.25, -0.2) is 4.79 Å². The van der Waals surface area contributed by atoms with E-state index in [1.54, 1.807) is 12.1 Å². The Morgan fingerprint density at radius 1 is 0.944 bits per heavy atom. The van der Waals surface area contributed by atoms with Gasteiger partial charge in [0, 0.05) is 0 Å². The van der Waals surface area contributed by atoms with Crippen LogP contribution in [-0.4, -0.2) is 21.4 Å². The van der Waals surface area contributed by atoms with E-state index in [4.69, 9.17) is 5.11 Å². The number of carboxylic acids is 1. The number of benzene rings is 1. The Morgan fingerprint density at radius 2 is 1.33 bits per heavy atom. The lowest BCUT2D eigenvalue weighted by Gasteiger charge is -2.41. The molecule has 1 aromatic carbocycles. The smallest absolute Gasteiger partial charge is 0.335 e. The van der Waals surface area contributed by atoms with Crippen molar-refractivity contribution in [3.63, 3.8) is 0 Å². The first-order valence-electron chi connectivity index (χ1n) is 6.17. The molecular weight excluding hydrogens is 243 g/mol. The predicted octanol–water partition coefficient (Wildman–Crippen LogP) is 4.09. The van der Waals surface area contributed by atoms with Crippen LogP contribution < -0.4 is 5.30 Å². The highest BCUT2D eigenvalue weighted by molar-refractivity contribution is 7.68. The summed E-state index contributed by atoms with van der Waals surface area (Å²) < 4.78 is 0. The minimum atomic E-state index is -0.864. The molecule has 0 amide bonds. The van der Waals surface area contributed by atoms with Gasteiger partial charge in [0.05, 0.1) is 5.56 Å². The Morgan fingerprint density at radius 3 is 1.61 bits per heavy atom. The Bertz CT molecular complexity index is 407. The topological polar surface area (TPSA) is 37.3 Å². The van der Waals surface area contributed by atoms with Gasteiger partial charge < -0.3 is 5.11 Å². The van der Waals surface area contributed by atoms with Gasteiger partial charge in [-0.15, -0.1) is 0 Å². The molecule has 18 heavy (non-hydrogen) atoms. The van der Waals surface area contributed by atoms with Crippen LogP contribution in [-0.2, 0) is 0 Å². The Kier molecular flexibility index (Phi) is 4.23. The molecule has 0 aromatic heterocycles. The highest BCUT2D eigenvalue weighted by atomic mass is 31.1. The number of aromatic carboxylic acids is 1. The molecule has 0 bridgehead atoms. The van der Waals surface area contributed by atoms with Crippen molar-refractivity contribution in [2.24, 2.45) is 0 Å². The molecular formula is C15H23O2P. The predicted molar refractivity (Wildman–Crippen MR) is 79.5 cm³/mol. The number of rotatable bonds is 2. The summed E-state index contributed by atoms with van der Waals surface area (Å²) in [6.45, 7) is 13.6. The first-order chi connectivity index (χ1) is 8.03. The van der Waals surface area contributed by atoms with Gasteiger partial charge >= 0.3 is 5.97 Å². The largest absolute Gasteiger partial charge is 0.478 e. The monoisotopic (exact) mass is 266 g/mol. The molecule has 0 aliphatic heterocycles. The molecule has 100 valence electrons. The summed E-state index contributed by atoms with van der Waals surface area (Å²) in [5.74, 6) is -0.864. The average molecular weight is 266 g/mol. The number of hydrogen-bond donors (Lipinski definition) is 1. The summed E-state index contributed by atoms with van der Waals surface area (Å²) in [7, 11) is -0.362. The molecule has 2 nitrogen and oxygen atoms in total. The zero-order valence-corrected chi connectivity index (χ0v) is 13.0. The van der Waals surface area contributed by atoms with Gasteiger partial charge in [0.2, 0.25) is 0 Å². The van der Waals surface area contributed by atoms with Gasteiger partial charge in [0.15, 0.2) is 0 Å². The zero-order valence-electron chi connectivity index (χ0n) is 12.1. The van der Waals surface area contributed by atoms with Gasteiger partial charge in [-0.1, -0.05) is 61.6 Å². The van der Waals surface area contributed by atoms with E-state index < -0.39 is 5.97 Å². The third-order valence-electron chi connectivity index (χ3n) is 2.71. The zero-order chi connectivity index (χ0) is 14.1. The summed E-state index contributed by atoms with van der Waals surface area (Å²) >= 11 is 0. The maximum absolute atomic E-state index is 10.9. The van der Waals surface area contributed by atoms with E-state index in [-0.39, 0.29) is 18.2 Å². The molecule has 0 aliphatic carbocycles. The summed E-state index contributed by atoms with van der Waals surface area (Å²) in [6, 6.07) is 7.38. The maximum atomic E-state index is 10.9. The van der Waals surface area contributed by atoms with Crippen LogP contribution >= 0.6 is 7.92 Å². The summed E-state index contributed by atoms with van der Waals surface area (Å²) in [4.78, 5) is 10.9. The summed E-state index contributed by atoms with van der Waals surface area (Å²) in [5.41, 5.74) is 0.358. The third-order valence-corrected chi connectivity index (χ3v) is 6.21. The van der Waals surface area contributed by atoms with Crippen LogP contribution in [0, 0.1) is 0 Å². The van der Waals surface area contributed by atoms with Gasteiger partial charge in [-0.05, 0) is 27.7 Å². The molecule has 0 heterocycles. The van der Waals surface area contributed by atoms with Gasteiger partial charge in [-0.2, -0.15) is 0 Å². The van der Waals surface area contributed by atoms with Crippen molar-refractivity contribution in [2.75, 3.05) is 0 Å². The lowest BCUT2D eigenvalue weighted by Crippen LogP contribution is -2.31. The van der Waals surface area contributed by atoms with Crippen LogP contribution in [0.4, 0.5) is 0 Å². The fraction of sp³-hybridized carbons (Fsp3) is 0.533. The molecule has 0 saturated carbocycles. The minimum absolute atomic E-state index is 0.207. The molecule has 0 fully saturated rings. The van der Waals surface area contributed by atoms with Crippen molar-refractivity contribution in [2.45, 2.75) is 51.9 Å². The molecule has 0 atom stereocenters. The normalized spacial score (nSPS) is 12.8. The minimum Gasteiger partial charge on any atom is -0.478 e. The quantitative estimate of drug-likeness (QED) is 0.819. The Balaban J connectivity index is 3.20. The van der Waals surface area contributed by atoms with Crippen molar-refractivity contribution in [1.82, 2.24) is 0 Å². The van der Waals surface area contributed by atoms with Crippen LogP contribution in [0.3, 0.4) is 0 Å². The first-order valence-corrected chi connectivity index (χ1v) is 7.51.